The van der Waals surface area contributed by atoms with Crippen LogP contribution in [0.5, 0.6) is 11.5 Å². The van der Waals surface area contributed by atoms with E-state index in [4.69, 9.17) is 14.6 Å². The first kappa shape index (κ1) is 22.0. The molecule has 0 fully saturated rings. The Bertz CT molecular complexity index is 569. The predicted molar refractivity (Wildman–Crippen MR) is 98.7 cm³/mol. The number of aryl methyl sites for hydroxylation is 1. The number of Topliss-reactive ketones (excluding diaryl/α,β-unsaturated/α-hetero) is 1. The maximum Gasteiger partial charge on any atom is 0.303 e. The maximum absolute atomic E-state index is 12.2. The summed E-state index contributed by atoms with van der Waals surface area (Å²) in [4.78, 5) is 22.6. The van der Waals surface area contributed by atoms with Crippen LogP contribution >= 0.6 is 0 Å². The van der Waals surface area contributed by atoms with Crippen LogP contribution in [-0.4, -0.2) is 42.3 Å². The number of hydrogen-bond acceptors (Lipinski definition) is 5. The first-order valence-corrected chi connectivity index (χ1v) is 9.08. The zero-order valence-electron chi connectivity index (χ0n) is 15.7. The number of ether oxygens (including phenoxy) is 2. The van der Waals surface area contributed by atoms with Crippen LogP contribution < -0.4 is 4.74 Å². The Hall–Kier alpha value is -2.08. The van der Waals surface area contributed by atoms with E-state index in [1.807, 2.05) is 0 Å². The van der Waals surface area contributed by atoms with E-state index < -0.39 is 5.97 Å². The summed E-state index contributed by atoms with van der Waals surface area (Å²) in [5.74, 6) is -0.107. The average Bonchev–Trinajstić information content (AvgIpc) is 2.62. The molecule has 1 rings (SSSR count). The Morgan fingerprint density at radius 3 is 2.46 bits per heavy atom. The number of carbonyl (C=O) groups is 2. The Morgan fingerprint density at radius 2 is 1.81 bits per heavy atom. The number of unbranched alkanes of at least 4 members (excludes halogenated alkanes) is 3. The van der Waals surface area contributed by atoms with Gasteiger partial charge in [0.05, 0.1) is 13.2 Å². The summed E-state index contributed by atoms with van der Waals surface area (Å²) in [6.07, 6.45) is 5.82. The van der Waals surface area contributed by atoms with Gasteiger partial charge in [0.1, 0.15) is 5.78 Å². The lowest BCUT2D eigenvalue weighted by Crippen LogP contribution is -2.16. The van der Waals surface area contributed by atoms with Gasteiger partial charge in [-0.2, -0.15) is 0 Å². The minimum atomic E-state index is -0.753. The highest BCUT2D eigenvalue weighted by Gasteiger charge is 2.13. The zero-order valence-corrected chi connectivity index (χ0v) is 15.7. The second-order valence-electron chi connectivity index (χ2n) is 6.45. The highest BCUT2D eigenvalue weighted by atomic mass is 16.5. The van der Waals surface area contributed by atoms with E-state index in [2.05, 4.69) is 0 Å². The highest BCUT2D eigenvalue weighted by Crippen LogP contribution is 2.26. The van der Waals surface area contributed by atoms with Gasteiger partial charge in [0.15, 0.2) is 11.5 Å². The number of ketones is 1. The largest absolute Gasteiger partial charge is 0.504 e. The molecule has 0 heterocycles. The molecular weight excluding hydrogens is 336 g/mol. The van der Waals surface area contributed by atoms with Crippen LogP contribution in [0, 0.1) is 0 Å². The molecule has 0 aromatic heterocycles. The van der Waals surface area contributed by atoms with Gasteiger partial charge in [-0.1, -0.05) is 25.3 Å². The van der Waals surface area contributed by atoms with Crippen molar-refractivity contribution in [3.8, 4) is 11.5 Å². The second kappa shape index (κ2) is 12.3. The van der Waals surface area contributed by atoms with Crippen LogP contribution in [0.25, 0.3) is 0 Å². The van der Waals surface area contributed by atoms with Gasteiger partial charge in [0, 0.05) is 26.4 Å². The normalized spacial score (nSPS) is 11.9. The number of carbonyl (C=O) groups excluding carboxylic acids is 1. The molecular formula is C20H30O6. The molecule has 0 aliphatic carbocycles. The SMILES string of the molecule is COc1cc(CCC(=O)CC(CCCCCCC(=O)O)OC)ccc1O. The molecule has 0 radical (unpaired) electrons. The Balaban J connectivity index is 2.28. The smallest absolute Gasteiger partial charge is 0.303 e. The van der Waals surface area contributed by atoms with Crippen molar-refractivity contribution >= 4 is 11.8 Å². The van der Waals surface area contributed by atoms with Crippen molar-refractivity contribution in [3.63, 3.8) is 0 Å². The topological polar surface area (TPSA) is 93.1 Å². The zero-order chi connectivity index (χ0) is 19.4. The number of phenols is 1. The van der Waals surface area contributed by atoms with E-state index in [1.54, 1.807) is 25.3 Å². The van der Waals surface area contributed by atoms with Gasteiger partial charge in [0.25, 0.3) is 0 Å². The maximum atomic E-state index is 12.2. The molecule has 1 unspecified atom stereocenters. The molecule has 2 N–H and O–H groups in total. The minimum absolute atomic E-state index is 0.0867. The van der Waals surface area contributed by atoms with E-state index >= 15 is 0 Å². The van der Waals surface area contributed by atoms with Gasteiger partial charge in [-0.05, 0) is 37.0 Å². The summed E-state index contributed by atoms with van der Waals surface area (Å²) in [5.41, 5.74) is 0.945. The van der Waals surface area contributed by atoms with E-state index in [-0.39, 0.29) is 24.1 Å². The van der Waals surface area contributed by atoms with Crippen molar-refractivity contribution in [3.05, 3.63) is 23.8 Å². The molecule has 1 atom stereocenters. The summed E-state index contributed by atoms with van der Waals surface area (Å²) in [6, 6.07) is 5.10. The number of aromatic hydroxyl groups is 1. The van der Waals surface area contributed by atoms with Crippen molar-refractivity contribution in [2.75, 3.05) is 14.2 Å². The number of benzene rings is 1. The van der Waals surface area contributed by atoms with Crippen LogP contribution in [0.15, 0.2) is 18.2 Å². The minimum Gasteiger partial charge on any atom is -0.504 e. The fraction of sp³-hybridized carbons (Fsp3) is 0.600. The third-order valence-corrected chi connectivity index (χ3v) is 4.39. The van der Waals surface area contributed by atoms with Gasteiger partial charge < -0.3 is 19.7 Å². The quantitative estimate of drug-likeness (QED) is 0.487. The van der Waals surface area contributed by atoms with Crippen molar-refractivity contribution < 1.29 is 29.3 Å². The number of phenolic OH excluding ortho intramolecular Hbond substituents is 1. The molecule has 0 spiro atoms. The molecule has 0 amide bonds. The lowest BCUT2D eigenvalue weighted by molar-refractivity contribution is -0.137. The Labute approximate surface area is 155 Å². The Morgan fingerprint density at radius 1 is 1.08 bits per heavy atom. The Kier molecular flexibility index (Phi) is 10.4. The van der Waals surface area contributed by atoms with Crippen LogP contribution in [0.1, 0.15) is 56.9 Å². The van der Waals surface area contributed by atoms with Crippen molar-refractivity contribution in [2.24, 2.45) is 0 Å². The van der Waals surface area contributed by atoms with Gasteiger partial charge in [0.2, 0.25) is 0 Å². The molecule has 26 heavy (non-hydrogen) atoms. The van der Waals surface area contributed by atoms with Crippen molar-refractivity contribution in [1.29, 1.82) is 0 Å². The number of aliphatic carboxylic acids is 1. The number of methoxy groups -OCH3 is 2. The average molecular weight is 366 g/mol. The molecule has 0 aliphatic rings. The van der Waals surface area contributed by atoms with Gasteiger partial charge in [-0.25, -0.2) is 0 Å². The summed E-state index contributed by atoms with van der Waals surface area (Å²) < 4.78 is 10.5. The number of hydrogen-bond donors (Lipinski definition) is 2. The van der Waals surface area contributed by atoms with Gasteiger partial charge in [-0.3, -0.25) is 9.59 Å². The molecule has 146 valence electrons. The lowest BCUT2D eigenvalue weighted by Gasteiger charge is -2.14. The lowest BCUT2D eigenvalue weighted by atomic mass is 10.0. The summed E-state index contributed by atoms with van der Waals surface area (Å²) >= 11 is 0. The van der Waals surface area contributed by atoms with E-state index in [0.717, 1.165) is 31.2 Å². The third kappa shape index (κ3) is 8.85. The molecule has 6 nitrogen and oxygen atoms in total. The number of carboxylic acid groups (broad SMARTS) is 1. The van der Waals surface area contributed by atoms with Crippen LogP contribution in [0.2, 0.25) is 0 Å². The van der Waals surface area contributed by atoms with E-state index in [1.165, 1.54) is 7.11 Å². The fourth-order valence-corrected chi connectivity index (χ4v) is 2.82. The monoisotopic (exact) mass is 366 g/mol. The first-order chi connectivity index (χ1) is 12.5. The van der Waals surface area contributed by atoms with Crippen LogP contribution in [0.3, 0.4) is 0 Å². The number of rotatable bonds is 14. The summed E-state index contributed by atoms with van der Waals surface area (Å²) in [5, 5.41) is 18.2. The highest BCUT2D eigenvalue weighted by molar-refractivity contribution is 5.79. The van der Waals surface area contributed by atoms with Gasteiger partial charge >= 0.3 is 5.97 Å². The van der Waals surface area contributed by atoms with Crippen LogP contribution in [-0.2, 0) is 20.7 Å². The summed E-state index contributed by atoms with van der Waals surface area (Å²) in [6.45, 7) is 0. The molecule has 1 aromatic rings. The molecule has 1 aromatic carbocycles. The second-order valence-corrected chi connectivity index (χ2v) is 6.45. The third-order valence-electron chi connectivity index (χ3n) is 4.39. The fourth-order valence-electron chi connectivity index (χ4n) is 2.82. The van der Waals surface area contributed by atoms with Crippen molar-refractivity contribution in [1.82, 2.24) is 0 Å². The van der Waals surface area contributed by atoms with E-state index in [0.29, 0.717) is 31.4 Å². The number of carboxylic acids is 1. The van der Waals surface area contributed by atoms with Crippen molar-refractivity contribution in [2.45, 2.75) is 63.9 Å². The van der Waals surface area contributed by atoms with E-state index in [9.17, 15) is 14.7 Å². The predicted octanol–water partition coefficient (Wildman–Crippen LogP) is 3.73. The molecule has 0 saturated heterocycles. The standard InChI is InChI=1S/C20H30O6/c1-25-17(7-5-3-4-6-8-20(23)24)14-16(21)11-9-15-10-12-18(22)19(13-15)26-2/h10,12-13,17,22H,3-9,11,14H2,1-2H3,(H,23,24). The molecule has 0 saturated carbocycles. The van der Waals surface area contributed by atoms with Gasteiger partial charge in [-0.15, -0.1) is 0 Å². The first-order valence-electron chi connectivity index (χ1n) is 9.08. The molecule has 6 heteroatoms. The molecule has 0 bridgehead atoms. The molecule has 0 aliphatic heterocycles. The van der Waals surface area contributed by atoms with Crippen LogP contribution in [0.4, 0.5) is 0 Å². The summed E-state index contributed by atoms with van der Waals surface area (Å²) in [7, 11) is 3.11.